The summed E-state index contributed by atoms with van der Waals surface area (Å²) >= 11 is 3.06. The minimum Gasteiger partial charge on any atom is -0.493 e. The van der Waals surface area contributed by atoms with Crippen LogP contribution in [-0.2, 0) is 5.75 Å². The Labute approximate surface area is 154 Å². The van der Waals surface area contributed by atoms with Crippen LogP contribution in [0.5, 0.6) is 5.75 Å². The SMILES string of the molecule is CCOc1ccccc1C(=O)Nc1nnc(CSc2ccccc2)s1. The second-order valence-corrected chi connectivity index (χ2v) is 7.10. The van der Waals surface area contributed by atoms with Crippen LogP contribution in [0.25, 0.3) is 0 Å². The molecule has 1 amide bonds. The Balaban J connectivity index is 1.62. The average molecular weight is 371 g/mol. The van der Waals surface area contributed by atoms with Gasteiger partial charge < -0.3 is 4.74 Å². The smallest absolute Gasteiger partial charge is 0.261 e. The third kappa shape index (κ3) is 4.80. The number of hydrogen-bond acceptors (Lipinski definition) is 6. The van der Waals surface area contributed by atoms with E-state index in [2.05, 4.69) is 27.6 Å². The molecule has 0 spiro atoms. The van der Waals surface area contributed by atoms with E-state index in [0.29, 0.717) is 28.8 Å². The van der Waals surface area contributed by atoms with Crippen molar-refractivity contribution >= 4 is 34.1 Å². The van der Waals surface area contributed by atoms with E-state index < -0.39 is 0 Å². The summed E-state index contributed by atoms with van der Waals surface area (Å²) < 4.78 is 5.49. The maximum Gasteiger partial charge on any atom is 0.261 e. The van der Waals surface area contributed by atoms with Gasteiger partial charge in [-0.2, -0.15) is 0 Å². The second-order valence-electron chi connectivity index (χ2n) is 4.99. The van der Waals surface area contributed by atoms with E-state index in [-0.39, 0.29) is 5.91 Å². The number of carbonyl (C=O) groups is 1. The maximum absolute atomic E-state index is 12.4. The molecule has 0 unspecified atom stereocenters. The Kier molecular flexibility index (Phi) is 6.03. The second kappa shape index (κ2) is 8.64. The molecule has 0 aliphatic heterocycles. The maximum atomic E-state index is 12.4. The van der Waals surface area contributed by atoms with Crippen LogP contribution in [0.15, 0.2) is 59.5 Å². The van der Waals surface area contributed by atoms with Gasteiger partial charge in [0.05, 0.1) is 17.9 Å². The van der Waals surface area contributed by atoms with Crippen LogP contribution in [0.3, 0.4) is 0 Å². The summed E-state index contributed by atoms with van der Waals surface area (Å²) in [6.45, 7) is 2.39. The van der Waals surface area contributed by atoms with Crippen LogP contribution in [0.4, 0.5) is 5.13 Å². The molecule has 0 aliphatic rings. The minimum absolute atomic E-state index is 0.248. The summed E-state index contributed by atoms with van der Waals surface area (Å²) in [4.78, 5) is 13.6. The summed E-state index contributed by atoms with van der Waals surface area (Å²) in [5.74, 6) is 1.03. The molecule has 0 saturated carbocycles. The minimum atomic E-state index is -0.248. The van der Waals surface area contributed by atoms with Crippen molar-refractivity contribution in [3.8, 4) is 5.75 Å². The van der Waals surface area contributed by atoms with Crippen LogP contribution in [0.1, 0.15) is 22.3 Å². The van der Waals surface area contributed by atoms with Crippen LogP contribution in [0, 0.1) is 0 Å². The molecule has 7 heteroatoms. The third-order valence-electron chi connectivity index (χ3n) is 3.22. The molecule has 2 aromatic carbocycles. The summed E-state index contributed by atoms with van der Waals surface area (Å²) in [5.41, 5.74) is 0.486. The van der Waals surface area contributed by atoms with Crippen molar-refractivity contribution in [3.05, 3.63) is 65.2 Å². The lowest BCUT2D eigenvalue weighted by molar-refractivity contribution is 0.102. The molecule has 3 rings (SSSR count). The molecule has 0 fully saturated rings. The lowest BCUT2D eigenvalue weighted by atomic mass is 10.2. The number of rotatable bonds is 7. The molecule has 1 heterocycles. The standard InChI is InChI=1S/C18H17N3O2S2/c1-2-23-15-11-7-6-10-14(15)17(22)19-18-21-20-16(25-18)12-24-13-8-4-3-5-9-13/h3-11H,2,12H2,1H3,(H,19,21,22). The quantitative estimate of drug-likeness (QED) is 0.620. The molecule has 0 radical (unpaired) electrons. The van der Waals surface area contributed by atoms with E-state index in [1.165, 1.54) is 16.2 Å². The highest BCUT2D eigenvalue weighted by atomic mass is 32.2. The fourth-order valence-corrected chi connectivity index (χ4v) is 3.76. The normalized spacial score (nSPS) is 10.4. The average Bonchev–Trinajstić information content (AvgIpc) is 3.09. The number of benzene rings is 2. The van der Waals surface area contributed by atoms with Crippen molar-refractivity contribution < 1.29 is 9.53 Å². The summed E-state index contributed by atoms with van der Waals surface area (Å²) in [6, 6.07) is 17.3. The van der Waals surface area contributed by atoms with Crippen molar-refractivity contribution in [2.75, 3.05) is 11.9 Å². The van der Waals surface area contributed by atoms with Crippen molar-refractivity contribution in [3.63, 3.8) is 0 Å². The molecule has 0 atom stereocenters. The predicted molar refractivity (Wildman–Crippen MR) is 101 cm³/mol. The summed E-state index contributed by atoms with van der Waals surface area (Å²) in [5, 5.41) is 12.3. The first-order chi connectivity index (χ1) is 12.3. The third-order valence-corrected chi connectivity index (χ3v) is 5.27. The molecule has 3 aromatic rings. The molecule has 25 heavy (non-hydrogen) atoms. The number of thioether (sulfide) groups is 1. The van der Waals surface area contributed by atoms with Gasteiger partial charge in [-0.3, -0.25) is 10.1 Å². The first kappa shape index (κ1) is 17.4. The number of aromatic nitrogens is 2. The zero-order valence-electron chi connectivity index (χ0n) is 13.6. The van der Waals surface area contributed by atoms with Gasteiger partial charge >= 0.3 is 0 Å². The van der Waals surface area contributed by atoms with Crippen LogP contribution < -0.4 is 10.1 Å². The highest BCUT2D eigenvalue weighted by molar-refractivity contribution is 7.98. The molecule has 5 nitrogen and oxygen atoms in total. The van der Waals surface area contributed by atoms with Crippen LogP contribution >= 0.6 is 23.1 Å². The van der Waals surface area contributed by atoms with Gasteiger partial charge in [-0.15, -0.1) is 22.0 Å². The van der Waals surface area contributed by atoms with E-state index in [4.69, 9.17) is 4.74 Å². The van der Waals surface area contributed by atoms with Crippen molar-refractivity contribution in [1.82, 2.24) is 10.2 Å². The van der Waals surface area contributed by atoms with Crippen molar-refractivity contribution in [1.29, 1.82) is 0 Å². The lowest BCUT2D eigenvalue weighted by Gasteiger charge is -2.08. The zero-order valence-corrected chi connectivity index (χ0v) is 15.3. The molecular formula is C18H17N3O2S2. The first-order valence-electron chi connectivity index (χ1n) is 7.79. The molecule has 0 bridgehead atoms. The molecule has 0 saturated heterocycles. The van der Waals surface area contributed by atoms with Crippen LogP contribution in [0.2, 0.25) is 0 Å². The molecule has 1 aromatic heterocycles. The van der Waals surface area contributed by atoms with Gasteiger partial charge in [0, 0.05) is 4.90 Å². The largest absolute Gasteiger partial charge is 0.493 e. The highest BCUT2D eigenvalue weighted by Gasteiger charge is 2.14. The Morgan fingerprint density at radius 1 is 1.12 bits per heavy atom. The van der Waals surface area contributed by atoms with Crippen molar-refractivity contribution in [2.45, 2.75) is 17.6 Å². The number of amides is 1. The lowest BCUT2D eigenvalue weighted by Crippen LogP contribution is -2.13. The Hall–Kier alpha value is -2.38. The van der Waals surface area contributed by atoms with Crippen molar-refractivity contribution in [2.24, 2.45) is 0 Å². The van der Waals surface area contributed by atoms with E-state index in [0.717, 1.165) is 5.01 Å². The van der Waals surface area contributed by atoms with Gasteiger partial charge in [0.15, 0.2) is 0 Å². The molecule has 1 N–H and O–H groups in total. The van der Waals surface area contributed by atoms with E-state index in [9.17, 15) is 4.79 Å². The molecule has 0 aliphatic carbocycles. The summed E-state index contributed by atoms with van der Waals surface area (Å²) in [6.07, 6.45) is 0. The predicted octanol–water partition coefficient (Wildman–Crippen LogP) is 4.48. The molecular weight excluding hydrogens is 354 g/mol. The Morgan fingerprint density at radius 3 is 2.68 bits per heavy atom. The first-order valence-corrected chi connectivity index (χ1v) is 9.60. The van der Waals surface area contributed by atoms with Crippen LogP contribution in [-0.4, -0.2) is 22.7 Å². The summed E-state index contributed by atoms with van der Waals surface area (Å²) in [7, 11) is 0. The fraction of sp³-hybridized carbons (Fsp3) is 0.167. The zero-order chi connectivity index (χ0) is 17.5. The number of para-hydroxylation sites is 1. The van der Waals surface area contributed by atoms with E-state index in [1.807, 2.05) is 31.2 Å². The van der Waals surface area contributed by atoms with E-state index in [1.54, 1.807) is 30.0 Å². The van der Waals surface area contributed by atoms with Gasteiger partial charge in [0.2, 0.25) is 5.13 Å². The molecule has 128 valence electrons. The monoisotopic (exact) mass is 371 g/mol. The number of anilines is 1. The van der Waals surface area contributed by atoms with E-state index >= 15 is 0 Å². The Morgan fingerprint density at radius 2 is 1.88 bits per heavy atom. The van der Waals surface area contributed by atoms with Gasteiger partial charge in [-0.25, -0.2) is 0 Å². The van der Waals surface area contributed by atoms with Gasteiger partial charge in [0.25, 0.3) is 5.91 Å². The number of nitrogens with one attached hydrogen (secondary N) is 1. The topological polar surface area (TPSA) is 64.1 Å². The number of ether oxygens (including phenoxy) is 1. The van der Waals surface area contributed by atoms with Gasteiger partial charge in [0.1, 0.15) is 10.8 Å². The number of nitrogens with zero attached hydrogens (tertiary/aromatic N) is 2. The Bertz CT molecular complexity index is 837. The van der Waals surface area contributed by atoms with Gasteiger partial charge in [-0.1, -0.05) is 41.7 Å². The number of carbonyl (C=O) groups excluding carboxylic acids is 1. The highest BCUT2D eigenvalue weighted by Crippen LogP contribution is 2.26. The van der Waals surface area contributed by atoms with Gasteiger partial charge in [-0.05, 0) is 31.2 Å². The number of hydrogen-bond donors (Lipinski definition) is 1. The fourth-order valence-electron chi connectivity index (χ4n) is 2.12.